The van der Waals surface area contributed by atoms with E-state index in [9.17, 15) is 14.0 Å². The smallest absolute Gasteiger partial charge is 0.268 e. The van der Waals surface area contributed by atoms with Gasteiger partial charge in [-0.25, -0.2) is 9.37 Å². The number of carbonyl (C=O) groups is 1. The number of fused-ring (bicyclic) bond motifs is 1. The molecule has 3 aromatic heterocycles. The molecule has 0 radical (unpaired) electrons. The lowest BCUT2D eigenvalue weighted by Crippen LogP contribution is -2.29. The lowest BCUT2D eigenvalue weighted by atomic mass is 10.2. The van der Waals surface area contributed by atoms with Gasteiger partial charge in [0, 0.05) is 23.3 Å². The lowest BCUT2D eigenvalue weighted by molar-refractivity contribution is 0.102. The lowest BCUT2D eigenvalue weighted by Gasteiger charge is -2.12. The van der Waals surface area contributed by atoms with Crippen LogP contribution in [0.25, 0.3) is 11.3 Å². The molecule has 7 nitrogen and oxygen atoms in total. The van der Waals surface area contributed by atoms with Gasteiger partial charge in [0.25, 0.3) is 11.5 Å². The highest BCUT2D eigenvalue weighted by molar-refractivity contribution is 6.04. The minimum absolute atomic E-state index is 0.0239. The van der Waals surface area contributed by atoms with Crippen LogP contribution < -0.4 is 15.6 Å². The number of pyridine rings is 2. The number of carbonyl (C=O) groups excluding carboxylic acids is 1. The number of hydrogen-bond donors (Lipinski definition) is 1. The monoisotopic (exact) mass is 468 g/mol. The normalized spacial score (nSPS) is 10.9. The molecule has 35 heavy (non-hydrogen) atoms. The zero-order chi connectivity index (χ0) is 24.5. The maximum absolute atomic E-state index is 13.3. The van der Waals surface area contributed by atoms with Crippen LogP contribution in [0.1, 0.15) is 21.7 Å². The number of imidazole rings is 1. The van der Waals surface area contributed by atoms with Crippen molar-refractivity contribution in [2.75, 3.05) is 5.32 Å². The molecule has 2 aromatic carbocycles. The van der Waals surface area contributed by atoms with E-state index in [1.807, 2.05) is 35.9 Å². The van der Waals surface area contributed by atoms with E-state index in [1.165, 1.54) is 34.9 Å². The Labute approximate surface area is 200 Å². The number of nitrogens with zero attached hydrogens (tertiary/aromatic N) is 3. The molecule has 0 spiro atoms. The molecular formula is C27H21FN4O3. The van der Waals surface area contributed by atoms with Gasteiger partial charge in [-0.2, -0.15) is 0 Å². The summed E-state index contributed by atoms with van der Waals surface area (Å²) < 4.78 is 22.5. The molecule has 0 saturated carbocycles. The maximum atomic E-state index is 13.3. The Kier molecular flexibility index (Phi) is 5.62. The van der Waals surface area contributed by atoms with Gasteiger partial charge in [-0.05, 0) is 86.6 Å². The standard InChI is InChI=1S/C27H21FN4O3/c1-17-15-31-16-23(12-14-25(31)29-17)35-22-10-6-20(7-11-22)30-26(33)24-13-3-18(2)32(27(24)34)21-8-4-19(28)5-9-21/h3-16H,1-2H3,(H,30,33). The van der Waals surface area contributed by atoms with Crippen molar-refractivity contribution in [1.82, 2.24) is 14.0 Å². The van der Waals surface area contributed by atoms with Crippen molar-refractivity contribution < 1.29 is 13.9 Å². The Morgan fingerprint density at radius 2 is 1.60 bits per heavy atom. The first kappa shape index (κ1) is 22.1. The molecule has 0 unspecified atom stereocenters. The van der Waals surface area contributed by atoms with E-state index in [0.717, 1.165) is 11.3 Å². The summed E-state index contributed by atoms with van der Waals surface area (Å²) in [6.45, 7) is 3.67. The van der Waals surface area contributed by atoms with Gasteiger partial charge in [0.05, 0.1) is 11.9 Å². The van der Waals surface area contributed by atoms with Crippen LogP contribution in [0.3, 0.4) is 0 Å². The number of aromatic nitrogens is 3. The quantitative estimate of drug-likeness (QED) is 0.380. The fourth-order valence-corrected chi connectivity index (χ4v) is 3.81. The minimum atomic E-state index is -0.541. The van der Waals surface area contributed by atoms with Crippen LogP contribution in [0.15, 0.2) is 90.0 Å². The second-order valence-electron chi connectivity index (χ2n) is 8.10. The molecule has 5 aromatic rings. The third-order valence-corrected chi connectivity index (χ3v) is 5.50. The van der Waals surface area contributed by atoms with Crippen molar-refractivity contribution in [3.05, 3.63) is 118 Å². The number of nitrogens with one attached hydrogen (secondary N) is 1. The zero-order valence-electron chi connectivity index (χ0n) is 19.0. The highest BCUT2D eigenvalue weighted by atomic mass is 19.1. The summed E-state index contributed by atoms with van der Waals surface area (Å²) in [5.74, 6) is 0.291. The van der Waals surface area contributed by atoms with Gasteiger partial charge in [-0.15, -0.1) is 0 Å². The number of amides is 1. The van der Waals surface area contributed by atoms with E-state index in [1.54, 1.807) is 37.3 Å². The average molecular weight is 468 g/mol. The number of hydrogen-bond acceptors (Lipinski definition) is 4. The van der Waals surface area contributed by atoms with Crippen LogP contribution >= 0.6 is 0 Å². The summed E-state index contributed by atoms with van der Waals surface area (Å²) in [6.07, 6.45) is 3.75. The molecule has 174 valence electrons. The van der Waals surface area contributed by atoms with Crippen molar-refractivity contribution in [3.8, 4) is 17.2 Å². The molecule has 1 N–H and O–H groups in total. The summed E-state index contributed by atoms with van der Waals surface area (Å²) in [5, 5.41) is 2.74. The summed E-state index contributed by atoms with van der Waals surface area (Å²) >= 11 is 0. The van der Waals surface area contributed by atoms with Crippen LogP contribution in [0.4, 0.5) is 10.1 Å². The Bertz CT molecular complexity index is 1600. The van der Waals surface area contributed by atoms with Gasteiger partial charge >= 0.3 is 0 Å². The van der Waals surface area contributed by atoms with Crippen molar-refractivity contribution in [2.24, 2.45) is 0 Å². The molecule has 8 heteroatoms. The van der Waals surface area contributed by atoms with Crippen LogP contribution in [0.2, 0.25) is 0 Å². The summed E-state index contributed by atoms with van der Waals surface area (Å²) in [5.41, 5.74) is 2.86. The fourth-order valence-electron chi connectivity index (χ4n) is 3.81. The predicted octanol–water partition coefficient (Wildman–Crippen LogP) is 5.29. The number of ether oxygens (including phenoxy) is 1. The number of anilines is 1. The van der Waals surface area contributed by atoms with E-state index < -0.39 is 17.3 Å². The van der Waals surface area contributed by atoms with Crippen LogP contribution in [0.5, 0.6) is 11.5 Å². The van der Waals surface area contributed by atoms with Gasteiger partial charge in [0.1, 0.15) is 28.5 Å². The number of aryl methyl sites for hydroxylation is 2. The van der Waals surface area contributed by atoms with Crippen molar-refractivity contribution in [2.45, 2.75) is 13.8 Å². The molecule has 0 saturated heterocycles. The van der Waals surface area contributed by atoms with E-state index >= 15 is 0 Å². The highest BCUT2D eigenvalue weighted by Gasteiger charge is 2.15. The zero-order valence-corrected chi connectivity index (χ0v) is 19.0. The molecule has 0 fully saturated rings. The minimum Gasteiger partial charge on any atom is -0.456 e. The molecule has 0 bridgehead atoms. The first-order chi connectivity index (χ1) is 16.9. The van der Waals surface area contributed by atoms with E-state index in [2.05, 4.69) is 10.3 Å². The number of benzene rings is 2. The second-order valence-corrected chi connectivity index (χ2v) is 8.10. The van der Waals surface area contributed by atoms with Crippen LogP contribution in [-0.4, -0.2) is 19.9 Å². The summed E-state index contributed by atoms with van der Waals surface area (Å²) in [7, 11) is 0. The Morgan fingerprint density at radius 3 is 2.34 bits per heavy atom. The molecule has 0 aliphatic carbocycles. The Morgan fingerprint density at radius 1 is 0.886 bits per heavy atom. The third kappa shape index (κ3) is 4.54. The van der Waals surface area contributed by atoms with E-state index in [0.29, 0.717) is 28.6 Å². The largest absolute Gasteiger partial charge is 0.456 e. The molecule has 0 aliphatic heterocycles. The molecular weight excluding hydrogens is 447 g/mol. The van der Waals surface area contributed by atoms with Gasteiger partial charge in [0.15, 0.2) is 0 Å². The second kappa shape index (κ2) is 8.90. The van der Waals surface area contributed by atoms with Gasteiger partial charge < -0.3 is 14.5 Å². The maximum Gasteiger partial charge on any atom is 0.268 e. The Hall–Kier alpha value is -4.72. The topological polar surface area (TPSA) is 77.6 Å². The van der Waals surface area contributed by atoms with Gasteiger partial charge in [0.2, 0.25) is 0 Å². The van der Waals surface area contributed by atoms with E-state index in [4.69, 9.17) is 4.74 Å². The first-order valence-electron chi connectivity index (χ1n) is 10.9. The number of rotatable bonds is 5. The fraction of sp³-hybridized carbons (Fsp3) is 0.0741. The highest BCUT2D eigenvalue weighted by Crippen LogP contribution is 2.24. The van der Waals surface area contributed by atoms with Gasteiger partial charge in [-0.3, -0.25) is 14.2 Å². The van der Waals surface area contributed by atoms with Gasteiger partial charge in [-0.1, -0.05) is 0 Å². The van der Waals surface area contributed by atoms with Crippen LogP contribution in [-0.2, 0) is 0 Å². The molecule has 1 amide bonds. The first-order valence-corrected chi connectivity index (χ1v) is 10.9. The molecule has 0 atom stereocenters. The molecule has 5 rings (SSSR count). The SMILES string of the molecule is Cc1cn2cc(Oc3ccc(NC(=O)c4ccc(C)n(-c5ccc(F)cc5)c4=O)cc3)ccc2n1. The summed E-state index contributed by atoms with van der Waals surface area (Å²) in [6, 6.07) is 19.2. The van der Waals surface area contributed by atoms with Crippen molar-refractivity contribution in [3.63, 3.8) is 0 Å². The van der Waals surface area contributed by atoms with E-state index in [-0.39, 0.29) is 5.56 Å². The molecule has 0 aliphatic rings. The molecule has 3 heterocycles. The van der Waals surface area contributed by atoms with Crippen molar-refractivity contribution >= 4 is 17.2 Å². The predicted molar refractivity (Wildman–Crippen MR) is 131 cm³/mol. The van der Waals surface area contributed by atoms with Crippen molar-refractivity contribution in [1.29, 1.82) is 0 Å². The average Bonchev–Trinajstić information content (AvgIpc) is 3.21. The third-order valence-electron chi connectivity index (χ3n) is 5.50. The van der Waals surface area contributed by atoms with Crippen LogP contribution in [0, 0.1) is 19.7 Å². The number of halogens is 1. The summed E-state index contributed by atoms with van der Waals surface area (Å²) in [4.78, 5) is 30.3. The Balaban J connectivity index is 1.33.